The van der Waals surface area contributed by atoms with Crippen LogP contribution in [0.25, 0.3) is 0 Å². The van der Waals surface area contributed by atoms with Crippen molar-refractivity contribution in [3.8, 4) is 0 Å². The van der Waals surface area contributed by atoms with Crippen LogP contribution in [0, 0.1) is 11.8 Å². The fraction of sp³-hybridized carbons (Fsp3) is 0.667. The number of nitrogens with zero attached hydrogens (tertiary/aromatic N) is 2. The Morgan fingerprint density at radius 2 is 1.48 bits per heavy atom. The molecule has 0 spiro atoms. The molecule has 1 saturated carbocycles. The van der Waals surface area contributed by atoms with E-state index in [0.717, 1.165) is 11.8 Å². The first-order valence-corrected chi connectivity index (χ1v) is 8.56. The fourth-order valence-electron chi connectivity index (χ4n) is 4.51. The van der Waals surface area contributed by atoms with Crippen molar-refractivity contribution < 1.29 is 0 Å². The van der Waals surface area contributed by atoms with Crippen molar-refractivity contribution in [2.24, 2.45) is 11.8 Å². The lowest BCUT2D eigenvalue weighted by Crippen LogP contribution is -2.56. The van der Waals surface area contributed by atoms with Gasteiger partial charge in [-0.1, -0.05) is 24.3 Å². The Hall–Kier alpha value is -0.900. The van der Waals surface area contributed by atoms with Gasteiger partial charge in [-0.05, 0) is 55.7 Å². The molecule has 0 aromatic heterocycles. The molecular weight excluding hydrogens is 258 g/mol. The van der Waals surface area contributed by atoms with Crippen LogP contribution in [-0.2, 0) is 12.8 Å². The lowest BCUT2D eigenvalue weighted by Gasteiger charge is -2.37. The zero-order valence-corrected chi connectivity index (χ0v) is 13.1. The molecule has 3 nitrogen and oxygen atoms in total. The van der Waals surface area contributed by atoms with Crippen LogP contribution in [0.4, 0.5) is 0 Å². The predicted molar refractivity (Wildman–Crippen MR) is 86.1 cm³/mol. The van der Waals surface area contributed by atoms with Gasteiger partial charge in [0.1, 0.15) is 0 Å². The van der Waals surface area contributed by atoms with E-state index in [0.29, 0.717) is 6.04 Å². The minimum absolute atomic E-state index is 0.695. The summed E-state index contributed by atoms with van der Waals surface area (Å²) in [6.45, 7) is 4.71. The molecule has 2 bridgehead atoms. The summed E-state index contributed by atoms with van der Waals surface area (Å²) in [4.78, 5) is 2.43. The Morgan fingerprint density at radius 3 is 2.05 bits per heavy atom. The largest absolute Gasteiger partial charge is 0.304 e. The molecule has 1 N–H and O–H groups in total. The molecule has 2 unspecified atom stereocenters. The number of nitrogens with one attached hydrogen (secondary N) is 1. The predicted octanol–water partition coefficient (Wildman–Crippen LogP) is 1.93. The van der Waals surface area contributed by atoms with Gasteiger partial charge in [-0.15, -0.1) is 0 Å². The van der Waals surface area contributed by atoms with E-state index in [2.05, 4.69) is 46.6 Å². The third kappa shape index (κ3) is 2.75. The molecule has 0 amide bonds. The van der Waals surface area contributed by atoms with Crippen molar-refractivity contribution in [2.45, 2.75) is 31.7 Å². The average molecular weight is 285 g/mol. The van der Waals surface area contributed by atoms with Gasteiger partial charge in [0.15, 0.2) is 0 Å². The van der Waals surface area contributed by atoms with Crippen LogP contribution in [0.3, 0.4) is 0 Å². The molecular formula is C18H27N3. The summed E-state index contributed by atoms with van der Waals surface area (Å²) in [5, 5.41) is 2.49. The Morgan fingerprint density at radius 1 is 0.905 bits per heavy atom. The van der Waals surface area contributed by atoms with Crippen LogP contribution >= 0.6 is 0 Å². The Bertz CT molecular complexity index is 460. The van der Waals surface area contributed by atoms with Crippen molar-refractivity contribution in [3.05, 3.63) is 35.4 Å². The number of fused-ring (bicyclic) bond motifs is 3. The van der Waals surface area contributed by atoms with E-state index >= 15 is 0 Å². The quantitative estimate of drug-likeness (QED) is 0.896. The van der Waals surface area contributed by atoms with Gasteiger partial charge >= 0.3 is 0 Å². The minimum Gasteiger partial charge on any atom is -0.304 e. The highest BCUT2D eigenvalue weighted by Gasteiger charge is 2.39. The molecule has 4 rings (SSSR count). The van der Waals surface area contributed by atoms with E-state index in [1.165, 1.54) is 51.9 Å². The van der Waals surface area contributed by atoms with Crippen LogP contribution in [-0.4, -0.2) is 49.2 Å². The van der Waals surface area contributed by atoms with Crippen molar-refractivity contribution in [1.82, 2.24) is 15.3 Å². The second-order valence-corrected chi connectivity index (χ2v) is 7.22. The highest BCUT2D eigenvalue weighted by atomic mass is 15.5. The third-order valence-electron chi connectivity index (χ3n) is 5.84. The maximum atomic E-state index is 3.92. The molecule has 2 aliphatic carbocycles. The Balaban J connectivity index is 1.48. The van der Waals surface area contributed by atoms with Crippen LogP contribution in [0.2, 0.25) is 0 Å². The molecule has 2 atom stereocenters. The maximum absolute atomic E-state index is 3.92. The monoisotopic (exact) mass is 285 g/mol. The summed E-state index contributed by atoms with van der Waals surface area (Å²) < 4.78 is 0. The van der Waals surface area contributed by atoms with Gasteiger partial charge in [0.05, 0.1) is 0 Å². The molecule has 1 aromatic rings. The van der Waals surface area contributed by atoms with Crippen molar-refractivity contribution >= 4 is 0 Å². The molecule has 2 fully saturated rings. The third-order valence-corrected chi connectivity index (χ3v) is 5.84. The van der Waals surface area contributed by atoms with Gasteiger partial charge in [0.2, 0.25) is 0 Å². The number of rotatable bonds is 2. The molecule has 114 valence electrons. The molecule has 3 aliphatic rings. The van der Waals surface area contributed by atoms with Crippen molar-refractivity contribution in [2.75, 3.05) is 33.2 Å². The molecule has 21 heavy (non-hydrogen) atoms. The first kappa shape index (κ1) is 13.7. The maximum Gasteiger partial charge on any atom is 0.0278 e. The molecule has 1 heterocycles. The topological polar surface area (TPSA) is 18.5 Å². The van der Waals surface area contributed by atoms with Gasteiger partial charge in [-0.3, -0.25) is 5.43 Å². The lowest BCUT2D eigenvalue weighted by atomic mass is 9.94. The normalized spacial score (nSPS) is 33.7. The molecule has 1 aromatic carbocycles. The molecule has 1 aliphatic heterocycles. The Labute approximate surface area is 128 Å². The van der Waals surface area contributed by atoms with Gasteiger partial charge in [0, 0.05) is 32.2 Å². The van der Waals surface area contributed by atoms with Gasteiger partial charge in [0.25, 0.3) is 0 Å². The number of piperazine rings is 1. The summed E-state index contributed by atoms with van der Waals surface area (Å²) in [5.41, 5.74) is 7.13. The van der Waals surface area contributed by atoms with Crippen LogP contribution < -0.4 is 5.43 Å². The van der Waals surface area contributed by atoms with E-state index in [1.807, 2.05) is 0 Å². The van der Waals surface area contributed by atoms with Crippen LogP contribution in [0.1, 0.15) is 24.0 Å². The number of hydrazine groups is 1. The number of benzene rings is 1. The molecule has 3 heteroatoms. The smallest absolute Gasteiger partial charge is 0.0278 e. The van der Waals surface area contributed by atoms with Gasteiger partial charge in [-0.2, -0.15) is 0 Å². The van der Waals surface area contributed by atoms with E-state index in [4.69, 9.17) is 0 Å². The second-order valence-electron chi connectivity index (χ2n) is 7.22. The number of likely N-dealkylation sites (N-methyl/N-ethyl adjacent to an activating group) is 1. The van der Waals surface area contributed by atoms with Crippen molar-refractivity contribution in [3.63, 3.8) is 0 Å². The van der Waals surface area contributed by atoms with Gasteiger partial charge < -0.3 is 4.90 Å². The van der Waals surface area contributed by atoms with Crippen molar-refractivity contribution in [1.29, 1.82) is 0 Å². The SMILES string of the molecule is CN1CCN(NC2C3CCC2Cc2ccccc2C3)CC1. The summed E-state index contributed by atoms with van der Waals surface area (Å²) in [6, 6.07) is 9.81. The minimum atomic E-state index is 0.695. The average Bonchev–Trinajstić information content (AvgIpc) is 2.76. The van der Waals surface area contributed by atoms with E-state index in [1.54, 1.807) is 11.1 Å². The molecule has 0 radical (unpaired) electrons. The number of hydrogen-bond donors (Lipinski definition) is 1. The highest BCUT2D eigenvalue weighted by Crippen LogP contribution is 2.40. The van der Waals surface area contributed by atoms with E-state index in [-0.39, 0.29) is 0 Å². The standard InChI is InChI=1S/C18H27N3/c1-20-8-10-21(11-9-20)19-18-16-6-7-17(18)13-15-5-3-2-4-14(15)12-16/h2-5,16-19H,6-13H2,1H3. The summed E-state index contributed by atoms with van der Waals surface area (Å²) in [7, 11) is 2.23. The van der Waals surface area contributed by atoms with Crippen LogP contribution in [0.15, 0.2) is 24.3 Å². The summed E-state index contributed by atoms with van der Waals surface area (Å²) >= 11 is 0. The number of hydrogen-bond acceptors (Lipinski definition) is 3. The zero-order valence-electron chi connectivity index (χ0n) is 13.1. The lowest BCUT2D eigenvalue weighted by molar-refractivity contribution is 0.0688. The summed E-state index contributed by atoms with van der Waals surface area (Å²) in [5.74, 6) is 1.66. The second kappa shape index (κ2) is 5.71. The van der Waals surface area contributed by atoms with Gasteiger partial charge in [-0.25, -0.2) is 5.01 Å². The first-order valence-electron chi connectivity index (χ1n) is 8.56. The summed E-state index contributed by atoms with van der Waals surface area (Å²) in [6.07, 6.45) is 5.37. The van der Waals surface area contributed by atoms with Crippen LogP contribution in [0.5, 0.6) is 0 Å². The van der Waals surface area contributed by atoms with E-state index in [9.17, 15) is 0 Å². The molecule has 1 saturated heterocycles. The first-order chi connectivity index (χ1) is 10.3. The van der Waals surface area contributed by atoms with E-state index < -0.39 is 0 Å². The highest BCUT2D eigenvalue weighted by molar-refractivity contribution is 5.30. The zero-order chi connectivity index (χ0) is 14.2. The Kier molecular flexibility index (Phi) is 3.74. The fourth-order valence-corrected chi connectivity index (χ4v) is 4.51.